The molecule has 5 nitrogen and oxygen atoms in total. The fourth-order valence-corrected chi connectivity index (χ4v) is 4.00. The molecule has 1 aromatic heterocycles. The van der Waals surface area contributed by atoms with Crippen molar-refractivity contribution in [2.24, 2.45) is 0 Å². The van der Waals surface area contributed by atoms with Crippen molar-refractivity contribution in [3.63, 3.8) is 0 Å². The number of ether oxygens (including phenoxy) is 1. The van der Waals surface area contributed by atoms with Crippen LogP contribution in [0.2, 0.25) is 5.15 Å². The monoisotopic (exact) mass is 445 g/mol. The van der Waals surface area contributed by atoms with E-state index in [9.17, 15) is 4.79 Å². The highest BCUT2D eigenvalue weighted by molar-refractivity contribution is 6.33. The van der Waals surface area contributed by atoms with E-state index in [-0.39, 0.29) is 5.91 Å². The zero-order valence-electron chi connectivity index (χ0n) is 18.0. The number of benzene rings is 3. The van der Waals surface area contributed by atoms with Crippen molar-refractivity contribution < 1.29 is 9.53 Å². The number of carbonyl (C=O) groups is 1. The summed E-state index contributed by atoms with van der Waals surface area (Å²) in [7, 11) is 1.65. The van der Waals surface area contributed by atoms with Crippen LogP contribution >= 0.6 is 11.6 Å². The smallest absolute Gasteiger partial charge is 0.260 e. The van der Waals surface area contributed by atoms with Crippen LogP contribution in [-0.2, 0) is 13.0 Å². The maximum atomic E-state index is 13.1. The molecule has 0 aliphatic heterocycles. The van der Waals surface area contributed by atoms with Gasteiger partial charge >= 0.3 is 0 Å². The summed E-state index contributed by atoms with van der Waals surface area (Å²) < 4.78 is 7.16. The second-order valence-corrected chi connectivity index (χ2v) is 7.90. The molecule has 1 N–H and O–H groups in total. The Hall–Kier alpha value is -3.57. The predicted molar refractivity (Wildman–Crippen MR) is 128 cm³/mol. The van der Waals surface area contributed by atoms with Gasteiger partial charge < -0.3 is 10.1 Å². The van der Waals surface area contributed by atoms with Crippen LogP contribution in [0.1, 0.15) is 32.7 Å². The topological polar surface area (TPSA) is 56.1 Å². The van der Waals surface area contributed by atoms with Gasteiger partial charge in [0.15, 0.2) is 0 Å². The van der Waals surface area contributed by atoms with Crippen LogP contribution in [0.5, 0.6) is 5.75 Å². The Balaban J connectivity index is 1.56. The molecule has 0 radical (unpaired) electrons. The Morgan fingerprint density at radius 3 is 2.31 bits per heavy atom. The second-order valence-electron chi connectivity index (χ2n) is 7.54. The number of carbonyl (C=O) groups excluding carboxylic acids is 1. The van der Waals surface area contributed by atoms with E-state index in [1.165, 1.54) is 0 Å². The lowest BCUT2D eigenvalue weighted by atomic mass is 10.0. The van der Waals surface area contributed by atoms with Gasteiger partial charge in [-0.2, -0.15) is 5.10 Å². The average Bonchev–Trinajstić information content (AvgIpc) is 3.08. The highest BCUT2D eigenvalue weighted by Gasteiger charge is 2.21. The highest BCUT2D eigenvalue weighted by atomic mass is 35.5. The number of nitrogens with one attached hydrogen (secondary N) is 1. The lowest BCUT2D eigenvalue weighted by Gasteiger charge is -2.12. The van der Waals surface area contributed by atoms with Gasteiger partial charge in [0.25, 0.3) is 5.91 Å². The normalized spacial score (nSPS) is 10.7. The maximum Gasteiger partial charge on any atom is 0.260 e. The van der Waals surface area contributed by atoms with Crippen molar-refractivity contribution in [1.82, 2.24) is 9.78 Å². The summed E-state index contributed by atoms with van der Waals surface area (Å²) >= 11 is 6.55. The van der Waals surface area contributed by atoms with E-state index in [1.807, 2.05) is 66.7 Å². The van der Waals surface area contributed by atoms with Gasteiger partial charge in [0.2, 0.25) is 0 Å². The van der Waals surface area contributed by atoms with Crippen LogP contribution in [0.4, 0.5) is 5.69 Å². The number of amides is 1. The van der Waals surface area contributed by atoms with Crippen LogP contribution in [0.15, 0.2) is 78.9 Å². The van der Waals surface area contributed by atoms with Crippen molar-refractivity contribution in [3.05, 3.63) is 112 Å². The minimum absolute atomic E-state index is 0.289. The number of nitrogens with zero attached hydrogens (tertiary/aromatic N) is 2. The number of halogens is 1. The first kappa shape index (κ1) is 21.7. The van der Waals surface area contributed by atoms with E-state index < -0.39 is 0 Å². The van der Waals surface area contributed by atoms with Crippen LogP contribution < -0.4 is 10.1 Å². The fraction of sp³-hybridized carbons (Fsp3) is 0.154. The van der Waals surface area contributed by atoms with Gasteiger partial charge in [-0.25, -0.2) is 4.68 Å². The van der Waals surface area contributed by atoms with Crippen LogP contribution in [-0.4, -0.2) is 22.8 Å². The molecule has 0 fully saturated rings. The van der Waals surface area contributed by atoms with Gasteiger partial charge in [-0.05, 0) is 36.2 Å². The molecule has 0 unspecified atom stereocenters. The number of rotatable bonds is 7. The van der Waals surface area contributed by atoms with Crippen LogP contribution in [0, 0.1) is 6.92 Å². The summed E-state index contributed by atoms with van der Waals surface area (Å²) in [5.41, 5.74) is 4.84. The first-order valence-electron chi connectivity index (χ1n) is 10.3. The molecule has 0 bridgehead atoms. The van der Waals surface area contributed by atoms with E-state index in [0.29, 0.717) is 35.1 Å². The van der Waals surface area contributed by atoms with Crippen molar-refractivity contribution in [1.29, 1.82) is 0 Å². The largest absolute Gasteiger partial charge is 0.496 e. The molecule has 1 heterocycles. The number of methoxy groups -OCH3 is 1. The van der Waals surface area contributed by atoms with E-state index in [1.54, 1.807) is 18.7 Å². The lowest BCUT2D eigenvalue weighted by Crippen LogP contribution is -2.13. The molecule has 32 heavy (non-hydrogen) atoms. The molecular weight excluding hydrogens is 422 g/mol. The minimum atomic E-state index is -0.289. The molecule has 0 atom stereocenters. The Morgan fingerprint density at radius 1 is 1.00 bits per heavy atom. The average molecular weight is 446 g/mol. The van der Waals surface area contributed by atoms with E-state index in [0.717, 1.165) is 22.4 Å². The zero-order chi connectivity index (χ0) is 22.5. The molecule has 0 aliphatic carbocycles. The van der Waals surface area contributed by atoms with Crippen molar-refractivity contribution >= 4 is 23.2 Å². The molecule has 3 aromatic carbocycles. The maximum absolute atomic E-state index is 13.1. The molecule has 0 saturated carbocycles. The highest BCUT2D eigenvalue weighted by Crippen LogP contribution is 2.27. The first-order valence-corrected chi connectivity index (χ1v) is 10.7. The number of hydrogen-bond acceptors (Lipinski definition) is 3. The Labute approximate surface area is 192 Å². The lowest BCUT2D eigenvalue weighted by molar-refractivity contribution is 0.102. The van der Waals surface area contributed by atoms with E-state index in [4.69, 9.17) is 16.3 Å². The molecule has 0 spiro atoms. The SMILES string of the molecule is COc1ccc(NC(=O)c2c(C)nn(Cc3ccccc3)c2Cl)cc1Cc1ccccc1. The molecule has 1 amide bonds. The molecule has 0 aliphatic rings. The first-order chi connectivity index (χ1) is 15.5. The molecule has 4 aromatic rings. The van der Waals surface area contributed by atoms with Crippen molar-refractivity contribution in [2.75, 3.05) is 12.4 Å². The number of hydrogen-bond donors (Lipinski definition) is 1. The summed E-state index contributed by atoms with van der Waals surface area (Å²) in [6.07, 6.45) is 0.697. The fourth-order valence-electron chi connectivity index (χ4n) is 3.68. The van der Waals surface area contributed by atoms with Crippen molar-refractivity contribution in [3.8, 4) is 5.75 Å². The zero-order valence-corrected chi connectivity index (χ0v) is 18.8. The minimum Gasteiger partial charge on any atom is -0.496 e. The van der Waals surface area contributed by atoms with Gasteiger partial charge in [-0.15, -0.1) is 0 Å². The second kappa shape index (κ2) is 9.71. The number of aromatic nitrogens is 2. The molecule has 6 heteroatoms. The third kappa shape index (κ3) is 4.84. The summed E-state index contributed by atoms with van der Waals surface area (Å²) in [5.74, 6) is 0.486. The molecular formula is C26H24ClN3O2. The van der Waals surface area contributed by atoms with Crippen LogP contribution in [0.3, 0.4) is 0 Å². The number of anilines is 1. The van der Waals surface area contributed by atoms with Gasteiger partial charge in [0, 0.05) is 17.7 Å². The Morgan fingerprint density at radius 2 is 1.66 bits per heavy atom. The summed E-state index contributed by atoms with van der Waals surface area (Å²) in [4.78, 5) is 13.1. The van der Waals surface area contributed by atoms with E-state index >= 15 is 0 Å². The predicted octanol–water partition coefficient (Wildman–Crippen LogP) is 5.74. The van der Waals surface area contributed by atoms with Gasteiger partial charge in [-0.1, -0.05) is 72.3 Å². The third-order valence-corrected chi connectivity index (χ3v) is 5.63. The van der Waals surface area contributed by atoms with E-state index in [2.05, 4.69) is 22.5 Å². The Bertz CT molecular complexity index is 1220. The van der Waals surface area contributed by atoms with Gasteiger partial charge in [0.05, 0.1) is 24.9 Å². The molecule has 162 valence electrons. The van der Waals surface area contributed by atoms with Crippen molar-refractivity contribution in [2.45, 2.75) is 19.9 Å². The third-order valence-electron chi connectivity index (χ3n) is 5.24. The summed E-state index contributed by atoms with van der Waals surface area (Å²) in [6.45, 7) is 2.29. The van der Waals surface area contributed by atoms with Gasteiger partial charge in [0.1, 0.15) is 10.9 Å². The Kier molecular flexibility index (Phi) is 6.57. The summed E-state index contributed by atoms with van der Waals surface area (Å²) in [5, 5.41) is 7.76. The number of aryl methyl sites for hydroxylation is 1. The van der Waals surface area contributed by atoms with Crippen LogP contribution in [0.25, 0.3) is 0 Å². The standard InChI is InChI=1S/C26H24ClN3O2/c1-18-24(25(27)30(29-18)17-20-11-7-4-8-12-20)26(31)28-22-13-14-23(32-2)21(16-22)15-19-9-5-3-6-10-19/h3-14,16H,15,17H2,1-2H3,(H,28,31). The quantitative estimate of drug-likeness (QED) is 0.394. The van der Waals surface area contributed by atoms with Gasteiger partial charge in [-0.3, -0.25) is 4.79 Å². The molecule has 0 saturated heterocycles. The summed E-state index contributed by atoms with van der Waals surface area (Å²) in [6, 6.07) is 25.6. The molecule has 4 rings (SSSR count).